The molecule has 3 heteroatoms. The molecule has 4 aliphatic rings. The van der Waals surface area contributed by atoms with E-state index in [1.54, 1.807) is 11.1 Å². The van der Waals surface area contributed by atoms with Gasteiger partial charge in [0.2, 0.25) is 0 Å². The van der Waals surface area contributed by atoms with Gasteiger partial charge in [0.05, 0.1) is 6.10 Å². The van der Waals surface area contributed by atoms with E-state index in [0.717, 1.165) is 12.8 Å². The van der Waals surface area contributed by atoms with Crippen LogP contribution in [-0.2, 0) is 0 Å². The fourth-order valence-corrected chi connectivity index (χ4v) is 6.27. The molecule has 132 valence electrons. The predicted octanol–water partition coefficient (Wildman–Crippen LogP) is 2.79. The fraction of sp³-hybridized carbons (Fsp3) is 0.714. The first kappa shape index (κ1) is 16.6. The summed E-state index contributed by atoms with van der Waals surface area (Å²) >= 11 is 0. The third-order valence-electron chi connectivity index (χ3n) is 7.78. The van der Waals surface area contributed by atoms with E-state index < -0.39 is 0 Å². The van der Waals surface area contributed by atoms with Crippen molar-refractivity contribution in [3.05, 3.63) is 35.5 Å². The molecule has 0 aromatic carbocycles. The number of fused-ring (bicyclic) bond motifs is 4. The molecule has 4 rings (SSSR count). The molecule has 4 aliphatic carbocycles. The Kier molecular flexibility index (Phi) is 3.83. The average molecular weight is 328 g/mol. The molecular weight excluding hydrogens is 296 g/mol. The zero-order valence-corrected chi connectivity index (χ0v) is 15.5. The molecule has 3 nitrogen and oxygen atoms in total. The number of nitrogens with one attached hydrogen (secondary N) is 2. The standard InChI is InChI=1S/C21H32N2O/c1-20-9-7-14(24)11-13(20)12-17(22-3)19-15-5-6-18(23-4)21(15,2)10-8-16(19)20/h5-7,9,13-14,16-18,22-24H,8,10-12H2,1-4H3/t13-,14-,16-,17-,18-,20-,21-/m0/s1. The normalized spacial score (nSPS) is 49.8. The highest BCUT2D eigenvalue weighted by Crippen LogP contribution is 2.61. The molecule has 7 atom stereocenters. The Morgan fingerprint density at radius 1 is 1.12 bits per heavy atom. The molecule has 0 amide bonds. The topological polar surface area (TPSA) is 44.3 Å². The number of rotatable bonds is 2. The van der Waals surface area contributed by atoms with Crippen LogP contribution < -0.4 is 10.6 Å². The Labute approximate surface area is 146 Å². The third-order valence-corrected chi connectivity index (χ3v) is 7.78. The molecule has 0 saturated heterocycles. The number of likely N-dealkylation sites (N-methyl/N-ethyl adjacent to an activating group) is 2. The van der Waals surface area contributed by atoms with Gasteiger partial charge >= 0.3 is 0 Å². The smallest absolute Gasteiger partial charge is 0.0724 e. The van der Waals surface area contributed by atoms with Crippen LogP contribution in [0.4, 0.5) is 0 Å². The van der Waals surface area contributed by atoms with Gasteiger partial charge in [-0.1, -0.05) is 38.2 Å². The van der Waals surface area contributed by atoms with Gasteiger partial charge in [0.1, 0.15) is 0 Å². The quantitative estimate of drug-likeness (QED) is 0.683. The van der Waals surface area contributed by atoms with E-state index in [2.05, 4.69) is 56.8 Å². The average Bonchev–Trinajstić information content (AvgIpc) is 2.91. The summed E-state index contributed by atoms with van der Waals surface area (Å²) in [7, 11) is 4.19. The highest BCUT2D eigenvalue weighted by atomic mass is 16.3. The third kappa shape index (κ3) is 2.07. The number of allylic oxidation sites excluding steroid dienone is 2. The summed E-state index contributed by atoms with van der Waals surface area (Å²) in [5, 5.41) is 17.3. The Balaban J connectivity index is 1.84. The maximum atomic E-state index is 10.1. The maximum Gasteiger partial charge on any atom is 0.0724 e. The summed E-state index contributed by atoms with van der Waals surface area (Å²) in [4.78, 5) is 0. The first-order valence-corrected chi connectivity index (χ1v) is 9.58. The molecule has 0 aromatic rings. The monoisotopic (exact) mass is 328 g/mol. The fourth-order valence-electron chi connectivity index (χ4n) is 6.27. The summed E-state index contributed by atoms with van der Waals surface area (Å²) < 4.78 is 0. The van der Waals surface area contributed by atoms with Crippen LogP contribution in [0.15, 0.2) is 35.5 Å². The molecule has 0 aliphatic heterocycles. The Morgan fingerprint density at radius 3 is 2.62 bits per heavy atom. The first-order chi connectivity index (χ1) is 11.4. The van der Waals surface area contributed by atoms with Crippen LogP contribution in [0.5, 0.6) is 0 Å². The van der Waals surface area contributed by atoms with Crippen molar-refractivity contribution in [3.8, 4) is 0 Å². The summed E-state index contributed by atoms with van der Waals surface area (Å²) in [5.74, 6) is 1.17. The molecule has 0 heterocycles. The molecule has 24 heavy (non-hydrogen) atoms. The zero-order chi connectivity index (χ0) is 17.1. The molecule has 1 fully saturated rings. The molecule has 0 aromatic heterocycles. The second-order valence-corrected chi connectivity index (χ2v) is 8.81. The SMILES string of the molecule is CN[C@H]1C[C@@H]2C[C@@H](O)C=C[C@]2(C)[C@H]2CC[C@@]3(C)C(=C12)C=C[C@@H]3NC. The predicted molar refractivity (Wildman–Crippen MR) is 98.7 cm³/mol. The van der Waals surface area contributed by atoms with Crippen LogP contribution in [0.2, 0.25) is 0 Å². The number of aliphatic hydroxyl groups excluding tert-OH is 1. The Bertz CT molecular complexity index is 621. The lowest BCUT2D eigenvalue weighted by Crippen LogP contribution is -2.54. The maximum absolute atomic E-state index is 10.1. The summed E-state index contributed by atoms with van der Waals surface area (Å²) in [6.07, 6.45) is 13.4. The largest absolute Gasteiger partial charge is 0.389 e. The van der Waals surface area contributed by atoms with E-state index >= 15 is 0 Å². The number of hydrogen-bond acceptors (Lipinski definition) is 3. The lowest BCUT2D eigenvalue weighted by atomic mass is 9.50. The summed E-state index contributed by atoms with van der Waals surface area (Å²) in [6, 6.07) is 0.898. The van der Waals surface area contributed by atoms with Gasteiger partial charge in [0, 0.05) is 17.5 Å². The zero-order valence-electron chi connectivity index (χ0n) is 15.5. The highest BCUT2D eigenvalue weighted by molar-refractivity contribution is 5.48. The van der Waals surface area contributed by atoms with Crippen LogP contribution in [0.25, 0.3) is 0 Å². The minimum absolute atomic E-state index is 0.196. The van der Waals surface area contributed by atoms with Crippen LogP contribution in [-0.4, -0.2) is 37.4 Å². The molecule has 0 bridgehead atoms. The lowest BCUT2D eigenvalue weighted by Gasteiger charge is -2.56. The van der Waals surface area contributed by atoms with Crippen molar-refractivity contribution < 1.29 is 5.11 Å². The van der Waals surface area contributed by atoms with Crippen molar-refractivity contribution in [2.45, 2.75) is 57.7 Å². The lowest BCUT2D eigenvalue weighted by molar-refractivity contribution is 0.0391. The van der Waals surface area contributed by atoms with E-state index in [0.29, 0.717) is 23.9 Å². The molecule has 0 unspecified atom stereocenters. The molecular formula is C21H32N2O. The van der Waals surface area contributed by atoms with Gasteiger partial charge < -0.3 is 15.7 Å². The van der Waals surface area contributed by atoms with Gasteiger partial charge in [-0.2, -0.15) is 0 Å². The summed E-state index contributed by atoms with van der Waals surface area (Å²) in [6.45, 7) is 4.88. The van der Waals surface area contributed by atoms with Gasteiger partial charge in [0.15, 0.2) is 0 Å². The molecule has 0 spiro atoms. The minimum atomic E-state index is -0.260. The van der Waals surface area contributed by atoms with Crippen molar-refractivity contribution in [1.82, 2.24) is 10.6 Å². The second kappa shape index (κ2) is 5.55. The Hall–Kier alpha value is -0.900. The van der Waals surface area contributed by atoms with Crippen molar-refractivity contribution in [1.29, 1.82) is 0 Å². The number of aliphatic hydroxyl groups is 1. The molecule has 1 saturated carbocycles. The van der Waals surface area contributed by atoms with E-state index in [4.69, 9.17) is 0 Å². The van der Waals surface area contributed by atoms with Crippen molar-refractivity contribution in [3.63, 3.8) is 0 Å². The number of hydrogen-bond donors (Lipinski definition) is 3. The van der Waals surface area contributed by atoms with Crippen molar-refractivity contribution in [2.75, 3.05) is 14.1 Å². The van der Waals surface area contributed by atoms with Gasteiger partial charge in [-0.05, 0) is 68.2 Å². The Morgan fingerprint density at radius 2 is 1.92 bits per heavy atom. The van der Waals surface area contributed by atoms with Crippen LogP contribution in [0, 0.1) is 22.7 Å². The van der Waals surface area contributed by atoms with Gasteiger partial charge in [-0.3, -0.25) is 0 Å². The van der Waals surface area contributed by atoms with E-state index in [1.165, 1.54) is 12.8 Å². The van der Waals surface area contributed by atoms with Gasteiger partial charge in [-0.15, -0.1) is 0 Å². The summed E-state index contributed by atoms with van der Waals surface area (Å²) in [5.41, 5.74) is 3.66. The van der Waals surface area contributed by atoms with Crippen LogP contribution >= 0.6 is 0 Å². The van der Waals surface area contributed by atoms with Crippen molar-refractivity contribution >= 4 is 0 Å². The first-order valence-electron chi connectivity index (χ1n) is 9.58. The van der Waals surface area contributed by atoms with Gasteiger partial charge in [0.25, 0.3) is 0 Å². The van der Waals surface area contributed by atoms with Crippen LogP contribution in [0.1, 0.15) is 39.5 Å². The molecule has 0 radical (unpaired) electrons. The van der Waals surface area contributed by atoms with Crippen LogP contribution in [0.3, 0.4) is 0 Å². The van der Waals surface area contributed by atoms with E-state index in [9.17, 15) is 5.11 Å². The van der Waals surface area contributed by atoms with Crippen molar-refractivity contribution in [2.24, 2.45) is 22.7 Å². The highest BCUT2D eigenvalue weighted by Gasteiger charge is 2.55. The van der Waals surface area contributed by atoms with E-state index in [-0.39, 0.29) is 16.9 Å². The minimum Gasteiger partial charge on any atom is -0.389 e. The van der Waals surface area contributed by atoms with E-state index in [1.807, 2.05) is 6.08 Å². The van der Waals surface area contributed by atoms with Gasteiger partial charge in [-0.25, -0.2) is 0 Å². The second-order valence-electron chi connectivity index (χ2n) is 8.81. The molecule has 3 N–H and O–H groups in total.